The molecule has 0 spiro atoms. The lowest BCUT2D eigenvalue weighted by atomic mass is 10.1. The van der Waals surface area contributed by atoms with E-state index in [1.165, 1.54) is 6.33 Å². The predicted molar refractivity (Wildman–Crippen MR) is 75.2 cm³/mol. The minimum absolute atomic E-state index is 0.0135. The van der Waals surface area contributed by atoms with E-state index < -0.39 is 0 Å². The van der Waals surface area contributed by atoms with Gasteiger partial charge in [-0.25, -0.2) is 15.0 Å². The molecule has 3 rings (SSSR count). The van der Waals surface area contributed by atoms with Crippen molar-refractivity contribution in [3.05, 3.63) is 48.0 Å². The Labute approximate surface area is 115 Å². The van der Waals surface area contributed by atoms with Gasteiger partial charge in [0.15, 0.2) is 17.2 Å². The number of anilines is 1. The molecule has 2 aromatic heterocycles. The van der Waals surface area contributed by atoms with Crippen LogP contribution in [0.3, 0.4) is 0 Å². The van der Waals surface area contributed by atoms with Gasteiger partial charge in [-0.1, -0.05) is 24.3 Å². The van der Waals surface area contributed by atoms with Crippen LogP contribution in [0.2, 0.25) is 0 Å². The van der Waals surface area contributed by atoms with Crippen molar-refractivity contribution >= 4 is 22.8 Å². The lowest BCUT2D eigenvalue weighted by molar-refractivity contribution is 0.0972. The third kappa shape index (κ3) is 2.01. The summed E-state index contributed by atoms with van der Waals surface area (Å²) in [5.41, 5.74) is 8.47. The van der Waals surface area contributed by atoms with Crippen LogP contribution in [0.5, 0.6) is 0 Å². The van der Waals surface area contributed by atoms with Crippen molar-refractivity contribution in [2.24, 2.45) is 0 Å². The molecule has 1 aromatic carbocycles. The number of rotatable bonds is 3. The van der Waals surface area contributed by atoms with Gasteiger partial charge in [0.05, 0.1) is 12.9 Å². The molecule has 0 saturated carbocycles. The van der Waals surface area contributed by atoms with Crippen LogP contribution in [-0.4, -0.2) is 25.3 Å². The Morgan fingerprint density at radius 3 is 2.85 bits per heavy atom. The monoisotopic (exact) mass is 267 g/mol. The van der Waals surface area contributed by atoms with Crippen LogP contribution in [0, 0.1) is 6.92 Å². The van der Waals surface area contributed by atoms with E-state index in [0.29, 0.717) is 22.5 Å². The summed E-state index contributed by atoms with van der Waals surface area (Å²) in [5.74, 6) is 0.330. The minimum atomic E-state index is 0.0135. The first kappa shape index (κ1) is 12.3. The van der Waals surface area contributed by atoms with Crippen LogP contribution in [-0.2, 0) is 6.54 Å². The molecule has 0 amide bonds. The Morgan fingerprint density at radius 1 is 1.25 bits per heavy atom. The first-order valence-corrected chi connectivity index (χ1v) is 6.17. The highest BCUT2D eigenvalue weighted by Crippen LogP contribution is 2.15. The van der Waals surface area contributed by atoms with Crippen molar-refractivity contribution in [3.63, 3.8) is 0 Å². The number of ketones is 1. The van der Waals surface area contributed by atoms with E-state index in [9.17, 15) is 4.79 Å². The molecule has 2 heterocycles. The topological polar surface area (TPSA) is 86.7 Å². The Hall–Kier alpha value is -2.76. The zero-order valence-corrected chi connectivity index (χ0v) is 10.9. The third-order valence-electron chi connectivity index (χ3n) is 3.19. The van der Waals surface area contributed by atoms with E-state index in [2.05, 4.69) is 15.0 Å². The van der Waals surface area contributed by atoms with Gasteiger partial charge < -0.3 is 10.3 Å². The molecular formula is C14H13N5O. The van der Waals surface area contributed by atoms with Crippen LogP contribution in [0.15, 0.2) is 36.9 Å². The van der Waals surface area contributed by atoms with Crippen LogP contribution in [0.25, 0.3) is 11.2 Å². The number of nitrogens with two attached hydrogens (primary N) is 1. The van der Waals surface area contributed by atoms with Crippen molar-refractivity contribution < 1.29 is 4.79 Å². The fraction of sp³-hybridized carbons (Fsp3) is 0.143. The number of nitrogens with zero attached hydrogens (tertiary/aromatic N) is 4. The van der Waals surface area contributed by atoms with Crippen LogP contribution in [0.4, 0.5) is 5.82 Å². The smallest absolute Gasteiger partial charge is 0.182 e. The standard InChI is InChI=1S/C14H13N5O/c1-9-4-2-3-5-10(9)11(20)6-19-8-18-12-13(15)16-7-17-14(12)19/h2-5,7-8H,6H2,1H3,(H2,15,16,17). The highest BCUT2D eigenvalue weighted by Gasteiger charge is 2.13. The summed E-state index contributed by atoms with van der Waals surface area (Å²) in [6.07, 6.45) is 2.93. The Morgan fingerprint density at radius 2 is 2.05 bits per heavy atom. The molecule has 20 heavy (non-hydrogen) atoms. The van der Waals surface area contributed by atoms with Gasteiger partial charge in [0.2, 0.25) is 0 Å². The zero-order valence-electron chi connectivity index (χ0n) is 10.9. The summed E-state index contributed by atoms with van der Waals surface area (Å²) < 4.78 is 1.68. The fourth-order valence-electron chi connectivity index (χ4n) is 2.14. The van der Waals surface area contributed by atoms with Gasteiger partial charge in [0, 0.05) is 5.56 Å². The number of aryl methyl sites for hydroxylation is 1. The quantitative estimate of drug-likeness (QED) is 0.728. The van der Waals surface area contributed by atoms with Crippen molar-refractivity contribution in [2.45, 2.75) is 13.5 Å². The van der Waals surface area contributed by atoms with E-state index in [0.717, 1.165) is 5.56 Å². The lowest BCUT2D eigenvalue weighted by Gasteiger charge is -2.06. The molecule has 0 aliphatic rings. The molecule has 2 N–H and O–H groups in total. The van der Waals surface area contributed by atoms with Gasteiger partial charge in [0.25, 0.3) is 0 Å². The lowest BCUT2D eigenvalue weighted by Crippen LogP contribution is -2.11. The predicted octanol–water partition coefficient (Wildman–Crippen LogP) is 1.60. The molecule has 0 saturated heterocycles. The number of Topliss-reactive ketones (excluding diaryl/α,β-unsaturated/α-hetero) is 1. The normalized spacial score (nSPS) is 10.8. The summed E-state index contributed by atoms with van der Waals surface area (Å²) in [5, 5.41) is 0. The van der Waals surface area contributed by atoms with Crippen molar-refractivity contribution in [1.82, 2.24) is 19.5 Å². The summed E-state index contributed by atoms with van der Waals surface area (Å²) in [6, 6.07) is 7.50. The van der Waals surface area contributed by atoms with Gasteiger partial charge in [-0.05, 0) is 12.5 Å². The SMILES string of the molecule is Cc1ccccc1C(=O)Cn1cnc2c(N)ncnc21. The molecule has 0 radical (unpaired) electrons. The second-order valence-corrected chi connectivity index (χ2v) is 4.54. The van der Waals surface area contributed by atoms with Gasteiger partial charge in [-0.15, -0.1) is 0 Å². The highest BCUT2D eigenvalue weighted by molar-refractivity contribution is 5.98. The fourth-order valence-corrected chi connectivity index (χ4v) is 2.14. The number of nitrogen functional groups attached to an aromatic ring is 1. The molecule has 100 valence electrons. The largest absolute Gasteiger partial charge is 0.382 e. The highest BCUT2D eigenvalue weighted by atomic mass is 16.1. The van der Waals surface area contributed by atoms with E-state index >= 15 is 0 Å². The molecule has 6 heteroatoms. The summed E-state index contributed by atoms with van der Waals surface area (Å²) in [6.45, 7) is 2.09. The zero-order chi connectivity index (χ0) is 14.1. The van der Waals surface area contributed by atoms with E-state index in [4.69, 9.17) is 5.73 Å². The maximum absolute atomic E-state index is 12.3. The Balaban J connectivity index is 1.96. The van der Waals surface area contributed by atoms with E-state index in [1.807, 2.05) is 31.2 Å². The molecule has 0 unspecified atom stereocenters. The maximum atomic E-state index is 12.3. The molecule has 3 aromatic rings. The van der Waals surface area contributed by atoms with Crippen LogP contribution >= 0.6 is 0 Å². The molecule has 0 fully saturated rings. The van der Waals surface area contributed by atoms with E-state index in [1.54, 1.807) is 10.9 Å². The Bertz CT molecular complexity index is 793. The number of hydrogen-bond donors (Lipinski definition) is 1. The third-order valence-corrected chi connectivity index (χ3v) is 3.19. The summed E-state index contributed by atoms with van der Waals surface area (Å²) >= 11 is 0. The molecule has 0 aliphatic carbocycles. The number of hydrogen-bond acceptors (Lipinski definition) is 5. The van der Waals surface area contributed by atoms with Crippen molar-refractivity contribution in [3.8, 4) is 0 Å². The first-order valence-electron chi connectivity index (χ1n) is 6.17. The number of fused-ring (bicyclic) bond motifs is 1. The average Bonchev–Trinajstić information content (AvgIpc) is 2.84. The number of carbonyl (C=O) groups excluding carboxylic acids is 1. The maximum Gasteiger partial charge on any atom is 0.182 e. The van der Waals surface area contributed by atoms with Crippen LogP contribution in [0.1, 0.15) is 15.9 Å². The Kier molecular flexibility index (Phi) is 2.90. The molecule has 0 bridgehead atoms. The first-order chi connectivity index (χ1) is 9.66. The van der Waals surface area contributed by atoms with Gasteiger partial charge in [0.1, 0.15) is 11.8 Å². The van der Waals surface area contributed by atoms with Gasteiger partial charge >= 0.3 is 0 Å². The van der Waals surface area contributed by atoms with Crippen LogP contribution < -0.4 is 5.73 Å². The number of imidazole rings is 1. The number of aromatic nitrogens is 4. The van der Waals surface area contributed by atoms with Gasteiger partial charge in [-0.2, -0.15) is 0 Å². The number of benzene rings is 1. The van der Waals surface area contributed by atoms with Crippen molar-refractivity contribution in [1.29, 1.82) is 0 Å². The second-order valence-electron chi connectivity index (χ2n) is 4.54. The van der Waals surface area contributed by atoms with Gasteiger partial charge in [-0.3, -0.25) is 4.79 Å². The van der Waals surface area contributed by atoms with Crippen molar-refractivity contribution in [2.75, 3.05) is 5.73 Å². The summed E-state index contributed by atoms with van der Waals surface area (Å²) in [7, 11) is 0. The van der Waals surface area contributed by atoms with E-state index in [-0.39, 0.29) is 12.3 Å². The molecule has 0 aliphatic heterocycles. The molecule has 0 atom stereocenters. The average molecular weight is 267 g/mol. The second kappa shape index (κ2) is 4.73. The minimum Gasteiger partial charge on any atom is -0.382 e. The number of carbonyl (C=O) groups is 1. The summed E-state index contributed by atoms with van der Waals surface area (Å²) in [4.78, 5) is 24.5. The molecule has 6 nitrogen and oxygen atoms in total. The molecular weight excluding hydrogens is 254 g/mol.